The Labute approximate surface area is 176 Å². The maximum Gasteiger partial charge on any atom is 0.242 e. The molecule has 1 aromatic carbocycles. The van der Waals surface area contributed by atoms with Crippen molar-refractivity contribution in [2.24, 2.45) is 5.92 Å². The molecule has 4 nitrogen and oxygen atoms in total. The summed E-state index contributed by atoms with van der Waals surface area (Å²) in [6, 6.07) is 8.30. The van der Waals surface area contributed by atoms with E-state index in [2.05, 4.69) is 6.92 Å². The first-order valence-electron chi connectivity index (χ1n) is 10.3. The number of halogens is 1. The summed E-state index contributed by atoms with van der Waals surface area (Å²) < 4.78 is 13.3. The highest BCUT2D eigenvalue weighted by Crippen LogP contribution is 2.31. The van der Waals surface area contributed by atoms with Gasteiger partial charge in [0.2, 0.25) is 11.8 Å². The molecule has 2 amide bonds. The SMILES string of the molecule is CCCCN(CC(=O)N(Cc1ccc(F)cc1)Cc1sccc1C)C(=O)C1CC1. The molecule has 0 unspecified atom stereocenters. The number of unbranched alkanes of at least 4 members (excludes halogenated alkanes) is 1. The van der Waals surface area contributed by atoms with Gasteiger partial charge >= 0.3 is 0 Å². The molecule has 0 N–H and O–H groups in total. The summed E-state index contributed by atoms with van der Waals surface area (Å²) in [4.78, 5) is 30.5. The van der Waals surface area contributed by atoms with E-state index >= 15 is 0 Å². The van der Waals surface area contributed by atoms with E-state index in [-0.39, 0.29) is 30.1 Å². The maximum absolute atomic E-state index is 13.3. The quantitative estimate of drug-likeness (QED) is 0.560. The lowest BCUT2D eigenvalue weighted by Crippen LogP contribution is -2.43. The largest absolute Gasteiger partial charge is 0.333 e. The van der Waals surface area contributed by atoms with Gasteiger partial charge in [0.05, 0.1) is 13.1 Å². The standard InChI is InChI=1S/C23H29FN2O2S/c1-3-4-12-25(23(28)19-7-8-19)16-22(27)26(15-21-17(2)11-13-29-21)14-18-5-9-20(24)10-6-18/h5-6,9-11,13,19H,3-4,7-8,12,14-16H2,1-2H3. The molecule has 1 saturated carbocycles. The van der Waals surface area contributed by atoms with E-state index in [1.54, 1.807) is 33.3 Å². The number of hydrogen-bond donors (Lipinski definition) is 0. The lowest BCUT2D eigenvalue weighted by Gasteiger charge is -2.28. The van der Waals surface area contributed by atoms with Crippen LogP contribution < -0.4 is 0 Å². The summed E-state index contributed by atoms with van der Waals surface area (Å²) in [7, 11) is 0. The molecule has 1 fully saturated rings. The molecule has 1 heterocycles. The van der Waals surface area contributed by atoms with Crippen LogP contribution >= 0.6 is 11.3 Å². The molecule has 1 aliphatic rings. The lowest BCUT2D eigenvalue weighted by molar-refractivity contribution is -0.142. The zero-order valence-electron chi connectivity index (χ0n) is 17.2. The number of nitrogens with zero attached hydrogens (tertiary/aromatic N) is 2. The van der Waals surface area contributed by atoms with E-state index in [4.69, 9.17) is 0 Å². The van der Waals surface area contributed by atoms with Crippen molar-refractivity contribution in [1.29, 1.82) is 0 Å². The summed E-state index contributed by atoms with van der Waals surface area (Å²) in [6.07, 6.45) is 3.75. The molecule has 1 aliphatic carbocycles. The number of hydrogen-bond acceptors (Lipinski definition) is 3. The number of thiophene rings is 1. The number of benzene rings is 1. The summed E-state index contributed by atoms with van der Waals surface area (Å²) in [5, 5.41) is 2.02. The molecule has 6 heteroatoms. The molecule has 1 aromatic heterocycles. The van der Waals surface area contributed by atoms with Crippen molar-refractivity contribution in [2.45, 2.75) is 52.6 Å². The molecule has 0 saturated heterocycles. The summed E-state index contributed by atoms with van der Waals surface area (Å²) in [5.41, 5.74) is 2.03. The van der Waals surface area contributed by atoms with E-state index < -0.39 is 0 Å². The Morgan fingerprint density at radius 3 is 2.41 bits per heavy atom. The van der Waals surface area contributed by atoms with Crippen molar-refractivity contribution in [3.63, 3.8) is 0 Å². The van der Waals surface area contributed by atoms with Crippen LogP contribution in [0.2, 0.25) is 0 Å². The third kappa shape index (κ3) is 6.13. The van der Waals surface area contributed by atoms with Gasteiger partial charge in [-0.3, -0.25) is 9.59 Å². The Morgan fingerprint density at radius 2 is 1.83 bits per heavy atom. The van der Waals surface area contributed by atoms with Crippen LogP contribution in [0.3, 0.4) is 0 Å². The number of aryl methyl sites for hydroxylation is 1. The minimum absolute atomic E-state index is 0.0628. The lowest BCUT2D eigenvalue weighted by atomic mass is 10.2. The van der Waals surface area contributed by atoms with Crippen molar-refractivity contribution in [3.8, 4) is 0 Å². The van der Waals surface area contributed by atoms with Gasteiger partial charge in [-0.1, -0.05) is 25.5 Å². The highest BCUT2D eigenvalue weighted by atomic mass is 32.1. The van der Waals surface area contributed by atoms with E-state index in [1.807, 2.05) is 18.4 Å². The van der Waals surface area contributed by atoms with Crippen molar-refractivity contribution in [3.05, 3.63) is 57.5 Å². The van der Waals surface area contributed by atoms with Crippen molar-refractivity contribution in [1.82, 2.24) is 9.80 Å². The predicted molar refractivity (Wildman–Crippen MR) is 114 cm³/mol. The second kappa shape index (κ2) is 10.0. The van der Waals surface area contributed by atoms with Crippen molar-refractivity contribution in [2.75, 3.05) is 13.1 Å². The van der Waals surface area contributed by atoms with E-state index in [0.29, 0.717) is 19.6 Å². The molecule has 0 atom stereocenters. The summed E-state index contributed by atoms with van der Waals surface area (Å²) in [6.45, 7) is 5.76. The smallest absolute Gasteiger partial charge is 0.242 e. The van der Waals surface area contributed by atoms with Crippen LogP contribution in [0.25, 0.3) is 0 Å². The average molecular weight is 417 g/mol. The first-order chi connectivity index (χ1) is 14.0. The number of amides is 2. The van der Waals surface area contributed by atoms with E-state index in [1.165, 1.54) is 12.1 Å². The van der Waals surface area contributed by atoms with Gasteiger partial charge in [-0.2, -0.15) is 0 Å². The van der Waals surface area contributed by atoms with Crippen LogP contribution in [0.4, 0.5) is 4.39 Å². The van der Waals surface area contributed by atoms with Crippen molar-refractivity contribution < 1.29 is 14.0 Å². The molecule has 156 valence electrons. The highest BCUT2D eigenvalue weighted by Gasteiger charge is 2.34. The van der Waals surface area contributed by atoms with Gasteiger partial charge in [0.1, 0.15) is 5.82 Å². The predicted octanol–water partition coefficient (Wildman–Crippen LogP) is 4.76. The number of rotatable bonds is 10. The third-order valence-corrected chi connectivity index (χ3v) is 6.30. The monoisotopic (exact) mass is 416 g/mol. The van der Waals surface area contributed by atoms with Gasteiger partial charge in [-0.05, 0) is 60.9 Å². The Hall–Kier alpha value is -2.21. The van der Waals surface area contributed by atoms with Gasteiger partial charge in [-0.25, -0.2) is 4.39 Å². The van der Waals surface area contributed by atoms with Crippen molar-refractivity contribution >= 4 is 23.2 Å². The Kier molecular flexibility index (Phi) is 7.42. The first kappa shape index (κ1) is 21.5. The number of carbonyl (C=O) groups excluding carboxylic acids is 2. The maximum atomic E-state index is 13.3. The highest BCUT2D eigenvalue weighted by molar-refractivity contribution is 7.10. The molecule has 0 aliphatic heterocycles. The second-order valence-electron chi connectivity index (χ2n) is 7.79. The topological polar surface area (TPSA) is 40.6 Å². The molecular formula is C23H29FN2O2S. The minimum Gasteiger partial charge on any atom is -0.333 e. The van der Waals surface area contributed by atoms with Gasteiger partial charge in [0.25, 0.3) is 0 Å². The van der Waals surface area contributed by atoms with Crippen LogP contribution in [-0.4, -0.2) is 34.7 Å². The van der Waals surface area contributed by atoms with Gasteiger partial charge in [0.15, 0.2) is 0 Å². The van der Waals surface area contributed by atoms with E-state index in [9.17, 15) is 14.0 Å². The van der Waals surface area contributed by atoms with Crippen LogP contribution in [-0.2, 0) is 22.7 Å². The first-order valence-corrected chi connectivity index (χ1v) is 11.2. The second-order valence-corrected chi connectivity index (χ2v) is 8.79. The molecule has 3 rings (SSSR count). The zero-order chi connectivity index (χ0) is 20.8. The molecular weight excluding hydrogens is 387 g/mol. The van der Waals surface area contributed by atoms with Crippen LogP contribution in [0.15, 0.2) is 35.7 Å². The van der Waals surface area contributed by atoms with Crippen LogP contribution in [0, 0.1) is 18.7 Å². The van der Waals surface area contributed by atoms with Crippen LogP contribution in [0.1, 0.15) is 48.6 Å². The Bertz CT molecular complexity index is 830. The molecule has 2 aromatic rings. The normalized spacial score (nSPS) is 13.3. The van der Waals surface area contributed by atoms with Gasteiger partial charge < -0.3 is 9.80 Å². The zero-order valence-corrected chi connectivity index (χ0v) is 18.0. The fraction of sp³-hybridized carbons (Fsp3) is 0.478. The fourth-order valence-electron chi connectivity index (χ4n) is 3.25. The Balaban J connectivity index is 1.75. The van der Waals surface area contributed by atoms with Gasteiger partial charge in [0, 0.05) is 23.9 Å². The average Bonchev–Trinajstić information content (AvgIpc) is 3.48. The van der Waals surface area contributed by atoms with E-state index in [0.717, 1.165) is 41.7 Å². The van der Waals surface area contributed by atoms with Gasteiger partial charge in [-0.15, -0.1) is 11.3 Å². The number of carbonyl (C=O) groups is 2. The molecule has 0 bridgehead atoms. The summed E-state index contributed by atoms with van der Waals surface area (Å²) in [5.74, 6) is -0.140. The molecule has 0 spiro atoms. The molecule has 29 heavy (non-hydrogen) atoms. The van der Waals surface area contributed by atoms with Crippen LogP contribution in [0.5, 0.6) is 0 Å². The minimum atomic E-state index is -0.290. The fourth-order valence-corrected chi connectivity index (χ4v) is 4.17. The third-order valence-electron chi connectivity index (χ3n) is 5.29. The summed E-state index contributed by atoms with van der Waals surface area (Å²) >= 11 is 1.63. The Morgan fingerprint density at radius 1 is 1.10 bits per heavy atom. The molecule has 0 radical (unpaired) electrons.